The highest BCUT2D eigenvalue weighted by atomic mass is 16.3. The lowest BCUT2D eigenvalue weighted by molar-refractivity contribution is 0.225. The molecule has 1 aliphatic rings. The summed E-state index contributed by atoms with van der Waals surface area (Å²) < 4.78 is 2.50. The summed E-state index contributed by atoms with van der Waals surface area (Å²) in [5.74, 6) is 0. The van der Waals surface area contributed by atoms with E-state index in [4.69, 9.17) is 4.98 Å². The predicted molar refractivity (Wildman–Crippen MR) is 125 cm³/mol. The molecule has 0 saturated carbocycles. The largest absolute Gasteiger partial charge is 0.384 e. The Hall–Kier alpha value is -4.03. The van der Waals surface area contributed by atoms with Crippen LogP contribution < -0.4 is 11.2 Å². The van der Waals surface area contributed by atoms with Gasteiger partial charge in [-0.1, -0.05) is 66.7 Å². The molecule has 0 saturated heterocycles. The molecular formula is C26H19N3O3. The zero-order chi connectivity index (χ0) is 22.1. The molecule has 1 aliphatic carbocycles. The first-order valence-electron chi connectivity index (χ1n) is 10.4. The number of hydrogen-bond donors (Lipinski definition) is 1. The van der Waals surface area contributed by atoms with Crippen LogP contribution in [-0.2, 0) is 14.1 Å². The maximum atomic E-state index is 13.4. The normalized spacial score (nSPS) is 14.7. The molecule has 0 unspecified atom stereocenters. The maximum Gasteiger partial charge on any atom is 0.332 e. The van der Waals surface area contributed by atoms with Crippen LogP contribution in [0, 0.1) is 0 Å². The Kier molecular flexibility index (Phi) is 3.79. The van der Waals surface area contributed by atoms with Gasteiger partial charge in [0, 0.05) is 30.8 Å². The highest BCUT2D eigenvalue weighted by Crippen LogP contribution is 2.49. The standard InChI is InChI=1S/C26H19N3O3/c1-28-24-21(25(31)29(2)26(28)32)19(16-13-7-9-14-8-3-4-10-15(14)16)20-22(27-24)17-11-5-6-12-18(17)23(20)30/h3-13,23,30H,1-2H3/t23-/m0/s1. The average Bonchev–Trinajstić information content (AvgIpc) is 3.12. The summed E-state index contributed by atoms with van der Waals surface area (Å²) in [6.45, 7) is 0. The fourth-order valence-corrected chi connectivity index (χ4v) is 4.90. The van der Waals surface area contributed by atoms with Gasteiger partial charge in [-0.05, 0) is 21.9 Å². The Morgan fingerprint density at radius 3 is 2.38 bits per heavy atom. The van der Waals surface area contributed by atoms with Gasteiger partial charge in [-0.25, -0.2) is 9.78 Å². The van der Waals surface area contributed by atoms with E-state index in [1.54, 1.807) is 7.05 Å². The molecule has 0 spiro atoms. The van der Waals surface area contributed by atoms with Gasteiger partial charge in [0.25, 0.3) is 5.56 Å². The molecule has 1 N–H and O–H groups in total. The molecule has 1 atom stereocenters. The van der Waals surface area contributed by atoms with E-state index >= 15 is 0 Å². The smallest absolute Gasteiger partial charge is 0.332 e. The molecule has 6 heteroatoms. The second-order valence-electron chi connectivity index (χ2n) is 8.17. The van der Waals surface area contributed by atoms with Crippen LogP contribution in [0.1, 0.15) is 17.2 Å². The van der Waals surface area contributed by atoms with Crippen molar-refractivity contribution in [1.82, 2.24) is 14.1 Å². The number of nitrogens with zero attached hydrogens (tertiary/aromatic N) is 3. The van der Waals surface area contributed by atoms with Gasteiger partial charge < -0.3 is 5.11 Å². The zero-order valence-electron chi connectivity index (χ0n) is 17.5. The Bertz CT molecular complexity index is 1710. The molecule has 0 aliphatic heterocycles. The first-order valence-corrected chi connectivity index (χ1v) is 10.4. The number of pyridine rings is 1. The average molecular weight is 421 g/mol. The van der Waals surface area contributed by atoms with E-state index in [1.807, 2.05) is 66.7 Å². The lowest BCUT2D eigenvalue weighted by Crippen LogP contribution is -2.37. The first-order chi connectivity index (χ1) is 15.5. The maximum absolute atomic E-state index is 13.4. The van der Waals surface area contributed by atoms with Gasteiger partial charge in [0.05, 0.1) is 11.1 Å². The zero-order valence-corrected chi connectivity index (χ0v) is 17.5. The molecule has 0 bridgehead atoms. The minimum atomic E-state index is -0.922. The molecule has 156 valence electrons. The van der Waals surface area contributed by atoms with Gasteiger partial charge in [-0.2, -0.15) is 0 Å². The Morgan fingerprint density at radius 1 is 0.844 bits per heavy atom. The van der Waals surface area contributed by atoms with Gasteiger partial charge in [-0.3, -0.25) is 13.9 Å². The number of rotatable bonds is 1. The van der Waals surface area contributed by atoms with Crippen LogP contribution in [0.5, 0.6) is 0 Å². The number of hydrogen-bond acceptors (Lipinski definition) is 4. The fraction of sp³-hybridized carbons (Fsp3) is 0.115. The third-order valence-corrected chi connectivity index (χ3v) is 6.47. The topological polar surface area (TPSA) is 77.1 Å². The molecule has 32 heavy (non-hydrogen) atoms. The highest BCUT2D eigenvalue weighted by molar-refractivity contribution is 6.07. The predicted octanol–water partition coefficient (Wildman–Crippen LogP) is 3.51. The van der Waals surface area contributed by atoms with Crippen molar-refractivity contribution in [2.75, 3.05) is 0 Å². The third-order valence-electron chi connectivity index (χ3n) is 6.47. The lowest BCUT2D eigenvalue weighted by atomic mass is 9.91. The van der Waals surface area contributed by atoms with E-state index in [2.05, 4.69) is 0 Å². The van der Waals surface area contributed by atoms with E-state index in [1.165, 1.54) is 11.6 Å². The third kappa shape index (κ3) is 2.30. The van der Waals surface area contributed by atoms with Crippen molar-refractivity contribution in [1.29, 1.82) is 0 Å². The summed E-state index contributed by atoms with van der Waals surface area (Å²) in [7, 11) is 3.09. The van der Waals surface area contributed by atoms with Gasteiger partial charge in [0.2, 0.25) is 0 Å². The summed E-state index contributed by atoms with van der Waals surface area (Å²) in [6.07, 6.45) is -0.922. The van der Waals surface area contributed by atoms with Gasteiger partial charge in [-0.15, -0.1) is 0 Å². The van der Waals surface area contributed by atoms with E-state index in [0.717, 1.165) is 32.0 Å². The molecule has 0 radical (unpaired) electrons. The van der Waals surface area contributed by atoms with E-state index < -0.39 is 17.4 Å². The molecule has 0 amide bonds. The van der Waals surface area contributed by atoms with Gasteiger partial charge in [0.1, 0.15) is 6.10 Å². The number of benzene rings is 3. The Morgan fingerprint density at radius 2 is 1.53 bits per heavy atom. The molecule has 6 nitrogen and oxygen atoms in total. The van der Waals surface area contributed by atoms with Crippen molar-refractivity contribution in [2.45, 2.75) is 6.10 Å². The summed E-state index contributed by atoms with van der Waals surface area (Å²) in [6, 6.07) is 21.4. The van der Waals surface area contributed by atoms with Gasteiger partial charge >= 0.3 is 5.69 Å². The molecule has 0 fully saturated rings. The van der Waals surface area contributed by atoms with Crippen LogP contribution in [-0.4, -0.2) is 19.2 Å². The van der Waals surface area contributed by atoms with Crippen molar-refractivity contribution in [3.8, 4) is 22.4 Å². The number of aliphatic hydroxyl groups is 1. The van der Waals surface area contributed by atoms with Crippen molar-refractivity contribution < 1.29 is 5.11 Å². The molecule has 3 aromatic carbocycles. The minimum Gasteiger partial charge on any atom is -0.384 e. The number of aromatic nitrogens is 3. The van der Waals surface area contributed by atoms with Crippen LogP contribution in [0.4, 0.5) is 0 Å². The number of aliphatic hydroxyl groups excluding tert-OH is 1. The summed E-state index contributed by atoms with van der Waals surface area (Å²) in [5.41, 5.74) is 3.66. The second kappa shape index (κ2) is 6.48. The van der Waals surface area contributed by atoms with E-state index in [0.29, 0.717) is 27.9 Å². The number of fused-ring (bicyclic) bond motifs is 5. The van der Waals surface area contributed by atoms with Gasteiger partial charge in [0.15, 0.2) is 5.65 Å². The lowest BCUT2D eigenvalue weighted by Gasteiger charge is -2.18. The van der Waals surface area contributed by atoms with Crippen LogP contribution in [0.25, 0.3) is 44.2 Å². The number of aryl methyl sites for hydroxylation is 1. The molecule has 2 heterocycles. The van der Waals surface area contributed by atoms with E-state index in [9.17, 15) is 14.7 Å². The fourth-order valence-electron chi connectivity index (χ4n) is 4.90. The van der Waals surface area contributed by atoms with Crippen LogP contribution >= 0.6 is 0 Å². The molecule has 6 rings (SSSR count). The second-order valence-corrected chi connectivity index (χ2v) is 8.17. The van der Waals surface area contributed by atoms with E-state index in [-0.39, 0.29) is 0 Å². The van der Waals surface area contributed by atoms with Crippen molar-refractivity contribution in [3.05, 3.63) is 98.7 Å². The summed E-state index contributed by atoms with van der Waals surface area (Å²) in [4.78, 5) is 30.9. The molecule has 5 aromatic rings. The van der Waals surface area contributed by atoms with Crippen molar-refractivity contribution >= 4 is 21.8 Å². The summed E-state index contributed by atoms with van der Waals surface area (Å²) in [5, 5.41) is 13.7. The summed E-state index contributed by atoms with van der Waals surface area (Å²) >= 11 is 0. The SMILES string of the molecule is Cn1c(=O)c2c(-c3cccc4ccccc34)c3c(nc2n(C)c1=O)-c1ccccc1[C@@H]3O. The van der Waals surface area contributed by atoms with Crippen LogP contribution in [0.15, 0.2) is 76.3 Å². The van der Waals surface area contributed by atoms with Crippen LogP contribution in [0.2, 0.25) is 0 Å². The van der Waals surface area contributed by atoms with Crippen molar-refractivity contribution in [2.24, 2.45) is 14.1 Å². The minimum absolute atomic E-state index is 0.309. The molecular weight excluding hydrogens is 402 g/mol. The highest BCUT2D eigenvalue weighted by Gasteiger charge is 2.34. The quantitative estimate of drug-likeness (QED) is 0.449. The Labute approximate surface area is 182 Å². The first kappa shape index (κ1) is 18.7. The van der Waals surface area contributed by atoms with Crippen molar-refractivity contribution in [3.63, 3.8) is 0 Å². The van der Waals surface area contributed by atoms with Crippen LogP contribution in [0.3, 0.4) is 0 Å². The Balaban J connectivity index is 1.91. The monoisotopic (exact) mass is 421 g/mol. The molecule has 2 aromatic heterocycles.